The van der Waals surface area contributed by atoms with E-state index >= 15 is 0 Å². The number of nitrogens with one attached hydrogen (secondary N) is 1. The third-order valence-corrected chi connectivity index (χ3v) is 5.01. The van der Waals surface area contributed by atoms with Crippen LogP contribution in [-0.2, 0) is 11.0 Å². The zero-order valence-corrected chi connectivity index (χ0v) is 12.9. The first kappa shape index (κ1) is 16.3. The summed E-state index contributed by atoms with van der Waals surface area (Å²) in [6, 6.07) is 5.02. The van der Waals surface area contributed by atoms with Crippen LogP contribution in [-0.4, -0.2) is 23.2 Å². The van der Waals surface area contributed by atoms with Gasteiger partial charge in [-0.3, -0.25) is 4.79 Å². The number of benzene rings is 1. The van der Waals surface area contributed by atoms with Gasteiger partial charge in [0, 0.05) is 5.92 Å². The largest absolute Gasteiger partial charge is 0.416 e. The molecule has 2 N–H and O–H groups in total. The van der Waals surface area contributed by atoms with Gasteiger partial charge in [-0.1, -0.05) is 12.1 Å². The van der Waals surface area contributed by atoms with Crippen LogP contribution in [0.3, 0.4) is 0 Å². The van der Waals surface area contributed by atoms with E-state index in [0.717, 1.165) is 30.5 Å². The molecule has 0 aromatic heterocycles. The highest BCUT2D eigenvalue weighted by Gasteiger charge is 2.48. The second kappa shape index (κ2) is 5.51. The Balaban J connectivity index is 1.61. The number of rotatable bonds is 5. The third kappa shape index (κ3) is 3.37. The van der Waals surface area contributed by atoms with Crippen LogP contribution in [0.1, 0.15) is 43.2 Å². The summed E-state index contributed by atoms with van der Waals surface area (Å²) in [6.45, 7) is 1.75. The van der Waals surface area contributed by atoms with Gasteiger partial charge < -0.3 is 10.4 Å². The lowest BCUT2D eigenvalue weighted by Crippen LogP contribution is -2.51. The van der Waals surface area contributed by atoms with Crippen molar-refractivity contribution >= 4 is 5.91 Å². The number of hydrogen-bond acceptors (Lipinski definition) is 2. The highest BCUT2D eigenvalue weighted by atomic mass is 19.4. The molecule has 6 heteroatoms. The van der Waals surface area contributed by atoms with Crippen LogP contribution in [0.25, 0.3) is 0 Å². The van der Waals surface area contributed by atoms with E-state index in [0.29, 0.717) is 12.3 Å². The Bertz CT molecular complexity index is 595. The van der Waals surface area contributed by atoms with Crippen LogP contribution in [0.2, 0.25) is 0 Å². The van der Waals surface area contributed by atoms with Gasteiger partial charge in [0.25, 0.3) is 0 Å². The average Bonchev–Trinajstić information content (AvgIpc) is 3.39. The van der Waals surface area contributed by atoms with Crippen molar-refractivity contribution in [3.63, 3.8) is 0 Å². The highest BCUT2D eigenvalue weighted by molar-refractivity contribution is 5.83. The zero-order valence-electron chi connectivity index (χ0n) is 12.9. The molecule has 3 unspecified atom stereocenters. The predicted octanol–water partition coefficient (Wildman–Crippen LogP) is 3.09. The summed E-state index contributed by atoms with van der Waals surface area (Å²) in [5.74, 6) is -0.0335. The van der Waals surface area contributed by atoms with Crippen molar-refractivity contribution in [2.45, 2.75) is 43.8 Å². The summed E-state index contributed by atoms with van der Waals surface area (Å²) in [4.78, 5) is 12.3. The molecule has 2 aliphatic carbocycles. The van der Waals surface area contributed by atoms with Crippen molar-refractivity contribution in [2.24, 2.45) is 11.8 Å². The lowest BCUT2D eigenvalue weighted by atomic mass is 9.96. The summed E-state index contributed by atoms with van der Waals surface area (Å²) in [7, 11) is 0. The van der Waals surface area contributed by atoms with Crippen LogP contribution in [0.4, 0.5) is 13.2 Å². The van der Waals surface area contributed by atoms with E-state index in [1.807, 2.05) is 6.92 Å². The molecule has 23 heavy (non-hydrogen) atoms. The quantitative estimate of drug-likeness (QED) is 0.873. The van der Waals surface area contributed by atoms with Gasteiger partial charge in [-0.05, 0) is 55.7 Å². The molecule has 126 valence electrons. The lowest BCUT2D eigenvalue weighted by Gasteiger charge is -2.29. The molecule has 1 aromatic rings. The normalized spacial score (nSPS) is 26.5. The number of aliphatic hydroxyl groups excluding tert-OH is 1. The van der Waals surface area contributed by atoms with Crippen LogP contribution < -0.4 is 5.32 Å². The van der Waals surface area contributed by atoms with Crippen molar-refractivity contribution in [1.82, 2.24) is 5.32 Å². The van der Waals surface area contributed by atoms with Crippen molar-refractivity contribution in [2.75, 3.05) is 6.61 Å². The summed E-state index contributed by atoms with van der Waals surface area (Å²) >= 11 is 0. The molecule has 2 aliphatic rings. The Labute approximate surface area is 132 Å². The van der Waals surface area contributed by atoms with Gasteiger partial charge in [0.15, 0.2) is 0 Å². The Morgan fingerprint density at radius 3 is 2.35 bits per heavy atom. The maximum Gasteiger partial charge on any atom is 0.416 e. The first-order chi connectivity index (χ1) is 10.7. The number of hydrogen-bond donors (Lipinski definition) is 2. The van der Waals surface area contributed by atoms with Crippen molar-refractivity contribution in [1.29, 1.82) is 0 Å². The fourth-order valence-corrected chi connectivity index (χ4v) is 3.14. The molecule has 1 aromatic carbocycles. The van der Waals surface area contributed by atoms with Gasteiger partial charge >= 0.3 is 6.18 Å². The van der Waals surface area contributed by atoms with Gasteiger partial charge in [0.1, 0.15) is 0 Å². The number of aliphatic hydroxyl groups is 1. The SMILES string of the molecule is CC(CO)(NC(=O)C1CC1c1ccc(C(F)(F)F)cc1)C1CC1. The first-order valence-corrected chi connectivity index (χ1v) is 7.84. The van der Waals surface area contributed by atoms with Crippen molar-refractivity contribution in [3.05, 3.63) is 35.4 Å². The first-order valence-electron chi connectivity index (χ1n) is 7.84. The van der Waals surface area contributed by atoms with Gasteiger partial charge in [-0.15, -0.1) is 0 Å². The van der Waals surface area contributed by atoms with Crippen LogP contribution in [0.15, 0.2) is 24.3 Å². The van der Waals surface area contributed by atoms with Gasteiger partial charge in [0.05, 0.1) is 17.7 Å². The predicted molar refractivity (Wildman–Crippen MR) is 78.6 cm³/mol. The van der Waals surface area contributed by atoms with Crippen molar-refractivity contribution < 1.29 is 23.1 Å². The minimum absolute atomic E-state index is 0.0283. The minimum atomic E-state index is -4.34. The molecule has 3 atom stereocenters. The van der Waals surface area contributed by atoms with E-state index in [1.165, 1.54) is 12.1 Å². The Kier molecular flexibility index (Phi) is 3.91. The fourth-order valence-electron chi connectivity index (χ4n) is 3.14. The number of alkyl halides is 3. The molecule has 2 saturated carbocycles. The summed E-state index contributed by atoms with van der Waals surface area (Å²) in [5, 5.41) is 12.4. The standard InChI is InChI=1S/C17H20F3NO2/c1-16(9-22,11-6-7-11)21-15(23)14-8-13(14)10-2-4-12(5-3-10)17(18,19)20/h2-5,11,13-14,22H,6-9H2,1H3,(H,21,23). The monoisotopic (exact) mass is 327 g/mol. The Hall–Kier alpha value is -1.56. The second-order valence-electron chi connectivity index (χ2n) is 6.91. The maximum atomic E-state index is 12.6. The summed E-state index contributed by atoms with van der Waals surface area (Å²) in [6.07, 6.45) is -1.69. The second-order valence-corrected chi connectivity index (χ2v) is 6.91. The van der Waals surface area contributed by atoms with E-state index in [9.17, 15) is 23.1 Å². The molecule has 3 rings (SSSR count). The van der Waals surface area contributed by atoms with E-state index in [2.05, 4.69) is 5.32 Å². The number of carbonyl (C=O) groups excluding carboxylic acids is 1. The molecule has 0 radical (unpaired) electrons. The third-order valence-electron chi connectivity index (χ3n) is 5.01. The topological polar surface area (TPSA) is 49.3 Å². The average molecular weight is 327 g/mol. The lowest BCUT2D eigenvalue weighted by molar-refractivity contribution is -0.137. The van der Waals surface area contributed by atoms with Gasteiger partial charge in [-0.25, -0.2) is 0 Å². The van der Waals surface area contributed by atoms with Gasteiger partial charge in [0.2, 0.25) is 5.91 Å². The van der Waals surface area contributed by atoms with Gasteiger partial charge in [-0.2, -0.15) is 13.2 Å². The minimum Gasteiger partial charge on any atom is -0.394 e. The van der Waals surface area contributed by atoms with Crippen LogP contribution in [0.5, 0.6) is 0 Å². The van der Waals surface area contributed by atoms with Crippen LogP contribution >= 0.6 is 0 Å². The highest BCUT2D eigenvalue weighted by Crippen LogP contribution is 2.49. The van der Waals surface area contributed by atoms with E-state index in [1.54, 1.807) is 0 Å². The summed E-state index contributed by atoms with van der Waals surface area (Å²) in [5.41, 5.74) is -0.496. The van der Waals surface area contributed by atoms with Crippen molar-refractivity contribution in [3.8, 4) is 0 Å². The number of amides is 1. The maximum absolute atomic E-state index is 12.6. The molecule has 0 aliphatic heterocycles. The Morgan fingerprint density at radius 2 is 1.87 bits per heavy atom. The fraction of sp³-hybridized carbons (Fsp3) is 0.588. The number of halogens is 3. The van der Waals surface area contributed by atoms with Crippen LogP contribution in [0, 0.1) is 11.8 Å². The van der Waals surface area contributed by atoms with E-state index in [-0.39, 0.29) is 24.3 Å². The summed E-state index contributed by atoms with van der Waals surface area (Å²) < 4.78 is 37.7. The molecule has 0 saturated heterocycles. The molecule has 2 fully saturated rings. The molecule has 0 bridgehead atoms. The molecule has 3 nitrogen and oxygen atoms in total. The van der Waals surface area contributed by atoms with E-state index in [4.69, 9.17) is 0 Å². The van der Waals surface area contributed by atoms with E-state index < -0.39 is 17.3 Å². The smallest absolute Gasteiger partial charge is 0.394 e. The zero-order chi connectivity index (χ0) is 16.8. The molecule has 1 amide bonds. The number of carbonyl (C=O) groups is 1. The molecular formula is C17H20F3NO2. The molecule has 0 spiro atoms. The molecular weight excluding hydrogens is 307 g/mol. The molecule has 0 heterocycles. The Morgan fingerprint density at radius 1 is 1.26 bits per heavy atom.